The van der Waals surface area contributed by atoms with E-state index in [9.17, 15) is 9.90 Å². The Morgan fingerprint density at radius 1 is 1.14 bits per heavy atom. The molecule has 0 radical (unpaired) electrons. The normalized spacial score (nSPS) is 12.7. The highest BCUT2D eigenvalue weighted by molar-refractivity contribution is 5.79. The topological polar surface area (TPSA) is 65.6 Å². The number of hydrogen-bond donors (Lipinski definition) is 2. The smallest absolute Gasteiger partial charge is 0.248 e. The first-order valence-corrected chi connectivity index (χ1v) is 9.52. The van der Waals surface area contributed by atoms with Crippen molar-refractivity contribution in [1.29, 1.82) is 0 Å². The van der Waals surface area contributed by atoms with Gasteiger partial charge in [0.05, 0.1) is 0 Å². The van der Waals surface area contributed by atoms with Crippen molar-refractivity contribution >= 4 is 17.0 Å². The van der Waals surface area contributed by atoms with E-state index in [0.717, 1.165) is 24.0 Å². The molecule has 3 rings (SSSR count). The molecule has 146 valence electrons. The molecular formula is C23H26N2O3. The molecular weight excluding hydrogens is 352 g/mol. The zero-order valence-electron chi connectivity index (χ0n) is 16.0. The van der Waals surface area contributed by atoms with Gasteiger partial charge in [0.1, 0.15) is 18.5 Å². The Balaban J connectivity index is 1.49. The summed E-state index contributed by atoms with van der Waals surface area (Å²) in [7, 11) is 0. The molecule has 2 aromatic carbocycles. The number of nitrogens with one attached hydrogen (secondary N) is 1. The molecule has 3 aromatic rings. The predicted molar refractivity (Wildman–Crippen MR) is 114 cm³/mol. The van der Waals surface area contributed by atoms with Gasteiger partial charge in [-0.1, -0.05) is 49.4 Å². The molecule has 5 heteroatoms. The lowest BCUT2D eigenvalue weighted by atomic mass is 10.2. The molecule has 0 aliphatic rings. The molecule has 0 bridgehead atoms. The Kier molecular flexibility index (Phi) is 7.00. The van der Waals surface area contributed by atoms with Gasteiger partial charge in [-0.3, -0.25) is 9.69 Å². The fourth-order valence-corrected chi connectivity index (χ4v) is 3.00. The third kappa shape index (κ3) is 5.81. The number of aromatic amines is 1. The van der Waals surface area contributed by atoms with Crippen molar-refractivity contribution in [3.8, 4) is 5.75 Å². The van der Waals surface area contributed by atoms with E-state index in [1.165, 1.54) is 11.6 Å². The van der Waals surface area contributed by atoms with Gasteiger partial charge in [-0.25, -0.2) is 0 Å². The standard InChI is InChI=1S/C23H26N2O3/c1-2-25(14-6-9-18-7-4-3-5-8-18)16-20(26)17-28-21-11-12-22-19(15-21)10-13-23(27)24-22/h3-13,15,20,26H,2,14,16-17H2,1H3,(H,24,27). The van der Waals surface area contributed by atoms with Crippen LogP contribution < -0.4 is 10.3 Å². The minimum atomic E-state index is -0.587. The Morgan fingerprint density at radius 2 is 1.96 bits per heavy atom. The number of H-pyrrole nitrogens is 1. The molecule has 1 aromatic heterocycles. The van der Waals surface area contributed by atoms with Gasteiger partial charge in [-0.2, -0.15) is 0 Å². The highest BCUT2D eigenvalue weighted by Crippen LogP contribution is 2.18. The minimum absolute atomic E-state index is 0.127. The summed E-state index contributed by atoms with van der Waals surface area (Å²) in [5.41, 5.74) is 1.81. The fraction of sp³-hybridized carbons (Fsp3) is 0.261. The molecule has 0 amide bonds. The number of rotatable bonds is 9. The van der Waals surface area contributed by atoms with E-state index in [1.54, 1.807) is 12.1 Å². The first kappa shape index (κ1) is 19.9. The lowest BCUT2D eigenvalue weighted by Gasteiger charge is -2.22. The fourth-order valence-electron chi connectivity index (χ4n) is 3.00. The Morgan fingerprint density at radius 3 is 2.75 bits per heavy atom. The number of likely N-dealkylation sites (N-methyl/N-ethyl adjacent to an activating group) is 1. The number of fused-ring (bicyclic) bond motifs is 1. The second-order valence-corrected chi connectivity index (χ2v) is 6.70. The summed E-state index contributed by atoms with van der Waals surface area (Å²) < 4.78 is 5.74. The van der Waals surface area contributed by atoms with Gasteiger partial charge in [0.2, 0.25) is 5.56 Å². The molecule has 1 heterocycles. The van der Waals surface area contributed by atoms with E-state index < -0.39 is 6.10 Å². The molecule has 28 heavy (non-hydrogen) atoms. The number of nitrogens with zero attached hydrogens (tertiary/aromatic N) is 1. The number of pyridine rings is 1. The number of ether oxygens (including phenoxy) is 1. The van der Waals surface area contributed by atoms with Crippen LogP contribution in [-0.2, 0) is 0 Å². The zero-order chi connectivity index (χ0) is 19.8. The van der Waals surface area contributed by atoms with Crippen LogP contribution in [0.4, 0.5) is 0 Å². The van der Waals surface area contributed by atoms with Gasteiger partial charge >= 0.3 is 0 Å². The first-order chi connectivity index (χ1) is 13.6. The molecule has 0 aliphatic heterocycles. The molecule has 0 spiro atoms. The van der Waals surface area contributed by atoms with Gasteiger partial charge in [0, 0.05) is 30.1 Å². The van der Waals surface area contributed by atoms with Crippen molar-refractivity contribution in [3.63, 3.8) is 0 Å². The van der Waals surface area contributed by atoms with Crippen molar-refractivity contribution < 1.29 is 9.84 Å². The van der Waals surface area contributed by atoms with Crippen molar-refractivity contribution in [2.24, 2.45) is 0 Å². The minimum Gasteiger partial charge on any atom is -0.491 e. The largest absolute Gasteiger partial charge is 0.491 e. The number of aromatic nitrogens is 1. The van der Waals surface area contributed by atoms with Gasteiger partial charge in [-0.15, -0.1) is 0 Å². The van der Waals surface area contributed by atoms with Gasteiger partial charge in [-0.05, 0) is 36.4 Å². The van der Waals surface area contributed by atoms with Crippen LogP contribution in [0.2, 0.25) is 0 Å². The van der Waals surface area contributed by atoms with Crippen LogP contribution >= 0.6 is 0 Å². The third-order valence-corrected chi connectivity index (χ3v) is 4.53. The molecule has 0 saturated carbocycles. The van der Waals surface area contributed by atoms with Gasteiger partial charge < -0.3 is 14.8 Å². The van der Waals surface area contributed by atoms with E-state index in [0.29, 0.717) is 12.3 Å². The molecule has 0 saturated heterocycles. The van der Waals surface area contributed by atoms with E-state index in [-0.39, 0.29) is 12.2 Å². The maximum Gasteiger partial charge on any atom is 0.248 e. The third-order valence-electron chi connectivity index (χ3n) is 4.53. The van der Waals surface area contributed by atoms with Crippen molar-refractivity contribution in [1.82, 2.24) is 9.88 Å². The van der Waals surface area contributed by atoms with Crippen LogP contribution in [0.3, 0.4) is 0 Å². The van der Waals surface area contributed by atoms with E-state index in [1.807, 2.05) is 30.3 Å². The molecule has 2 N–H and O–H groups in total. The molecule has 1 atom stereocenters. The maximum atomic E-state index is 11.3. The first-order valence-electron chi connectivity index (χ1n) is 9.52. The highest BCUT2D eigenvalue weighted by atomic mass is 16.5. The van der Waals surface area contributed by atoms with Crippen LogP contribution in [0.15, 0.2) is 71.5 Å². The zero-order valence-corrected chi connectivity index (χ0v) is 16.0. The Labute approximate surface area is 164 Å². The van der Waals surface area contributed by atoms with Crippen molar-refractivity contribution in [3.05, 3.63) is 82.7 Å². The average molecular weight is 378 g/mol. The summed E-state index contributed by atoms with van der Waals surface area (Å²) in [6.07, 6.45) is 3.61. The van der Waals surface area contributed by atoms with Gasteiger partial charge in [0.25, 0.3) is 0 Å². The summed E-state index contributed by atoms with van der Waals surface area (Å²) in [6.45, 7) is 4.45. The van der Waals surface area contributed by atoms with Crippen LogP contribution in [0, 0.1) is 0 Å². The SMILES string of the molecule is CCN(CC=Cc1ccccc1)CC(O)COc1ccc2[nH]c(=O)ccc2c1. The summed E-state index contributed by atoms with van der Waals surface area (Å²) in [6, 6.07) is 18.9. The van der Waals surface area contributed by atoms with E-state index in [4.69, 9.17) is 4.74 Å². The van der Waals surface area contributed by atoms with Crippen LogP contribution in [0.5, 0.6) is 5.75 Å². The quantitative estimate of drug-likeness (QED) is 0.600. The lowest BCUT2D eigenvalue weighted by molar-refractivity contribution is 0.0737. The molecule has 0 aliphatic carbocycles. The number of benzene rings is 2. The molecule has 5 nitrogen and oxygen atoms in total. The summed E-state index contributed by atoms with van der Waals surface area (Å²) in [5, 5.41) is 11.2. The van der Waals surface area contributed by atoms with Gasteiger partial charge in [0.15, 0.2) is 0 Å². The van der Waals surface area contributed by atoms with E-state index in [2.05, 4.69) is 41.1 Å². The average Bonchev–Trinajstić information content (AvgIpc) is 2.72. The number of hydrogen-bond acceptors (Lipinski definition) is 4. The van der Waals surface area contributed by atoms with Crippen LogP contribution in [0.25, 0.3) is 17.0 Å². The number of aliphatic hydroxyl groups is 1. The second kappa shape index (κ2) is 9.88. The van der Waals surface area contributed by atoms with E-state index >= 15 is 0 Å². The van der Waals surface area contributed by atoms with Crippen molar-refractivity contribution in [2.45, 2.75) is 13.0 Å². The Bertz CT molecular complexity index is 966. The summed E-state index contributed by atoms with van der Waals surface area (Å²) in [5.74, 6) is 0.672. The molecule has 0 fully saturated rings. The summed E-state index contributed by atoms with van der Waals surface area (Å²) in [4.78, 5) is 16.3. The highest BCUT2D eigenvalue weighted by Gasteiger charge is 2.10. The maximum absolute atomic E-state index is 11.3. The summed E-state index contributed by atoms with van der Waals surface area (Å²) >= 11 is 0. The van der Waals surface area contributed by atoms with Crippen molar-refractivity contribution in [2.75, 3.05) is 26.2 Å². The predicted octanol–water partition coefficient (Wildman–Crippen LogP) is 3.30. The lowest BCUT2D eigenvalue weighted by Crippen LogP contribution is -2.35. The molecule has 1 unspecified atom stereocenters. The van der Waals surface area contributed by atoms with Crippen LogP contribution in [-0.4, -0.2) is 47.3 Å². The van der Waals surface area contributed by atoms with Crippen LogP contribution in [0.1, 0.15) is 12.5 Å². The Hall–Kier alpha value is -2.89. The number of aliphatic hydroxyl groups excluding tert-OH is 1. The second-order valence-electron chi connectivity index (χ2n) is 6.70. The monoisotopic (exact) mass is 378 g/mol.